The molecule has 0 saturated heterocycles. The molecular weight excluding hydrogens is 212 g/mol. The number of carbonyl (C=O) groups excluding carboxylic acids is 1. The highest BCUT2D eigenvalue weighted by Gasteiger charge is 2.10. The second-order valence-electron chi connectivity index (χ2n) is 4.06. The predicted octanol–water partition coefficient (Wildman–Crippen LogP) is 3.25. The van der Waals surface area contributed by atoms with Gasteiger partial charge in [-0.3, -0.25) is 4.79 Å². The first-order chi connectivity index (χ1) is 8.22. The molecule has 0 fully saturated rings. The molecule has 0 aliphatic rings. The lowest BCUT2D eigenvalue weighted by Gasteiger charge is -2.09. The fourth-order valence-electron chi connectivity index (χ4n) is 2.04. The van der Waals surface area contributed by atoms with Gasteiger partial charge in [-0.15, -0.1) is 0 Å². The summed E-state index contributed by atoms with van der Waals surface area (Å²) < 4.78 is 5.01. The molecule has 0 saturated carbocycles. The minimum Gasteiger partial charge on any atom is -0.466 e. The van der Waals surface area contributed by atoms with Crippen molar-refractivity contribution in [1.29, 1.82) is 0 Å². The smallest absolute Gasteiger partial charge is 0.310 e. The summed E-state index contributed by atoms with van der Waals surface area (Å²) in [7, 11) is 0. The van der Waals surface area contributed by atoms with Crippen molar-refractivity contribution >= 4 is 16.7 Å². The molecule has 0 aromatic heterocycles. The highest BCUT2D eigenvalue weighted by atomic mass is 16.5. The standard InChI is InChI=1S/C15H16O2/c1-3-17-15(16)10-14-11(2)8-9-12-6-4-5-7-13(12)14/h4-9H,3,10H2,1-2H3. The molecule has 0 heterocycles. The van der Waals surface area contributed by atoms with E-state index < -0.39 is 0 Å². The lowest BCUT2D eigenvalue weighted by molar-refractivity contribution is -0.142. The van der Waals surface area contributed by atoms with E-state index in [2.05, 4.69) is 24.3 Å². The summed E-state index contributed by atoms with van der Waals surface area (Å²) in [6.45, 7) is 4.29. The molecule has 88 valence electrons. The summed E-state index contributed by atoms with van der Waals surface area (Å²) in [5, 5.41) is 2.30. The Bertz CT molecular complexity index is 544. The number of rotatable bonds is 3. The van der Waals surface area contributed by atoms with Gasteiger partial charge in [-0.2, -0.15) is 0 Å². The molecule has 0 amide bonds. The van der Waals surface area contributed by atoms with E-state index in [0.29, 0.717) is 13.0 Å². The molecule has 0 aliphatic heterocycles. The quantitative estimate of drug-likeness (QED) is 0.754. The average Bonchev–Trinajstić information content (AvgIpc) is 2.33. The zero-order valence-electron chi connectivity index (χ0n) is 10.2. The molecule has 0 bridgehead atoms. The summed E-state index contributed by atoms with van der Waals surface area (Å²) in [5.41, 5.74) is 2.21. The van der Waals surface area contributed by atoms with Crippen molar-refractivity contribution in [3.63, 3.8) is 0 Å². The van der Waals surface area contributed by atoms with Crippen LogP contribution >= 0.6 is 0 Å². The first kappa shape index (κ1) is 11.6. The Labute approximate surface area is 101 Å². The number of carbonyl (C=O) groups is 1. The van der Waals surface area contributed by atoms with Crippen molar-refractivity contribution in [3.05, 3.63) is 47.5 Å². The Balaban J connectivity index is 2.44. The van der Waals surface area contributed by atoms with Crippen LogP contribution in [0.4, 0.5) is 0 Å². The molecule has 17 heavy (non-hydrogen) atoms. The van der Waals surface area contributed by atoms with Crippen LogP contribution in [0.15, 0.2) is 36.4 Å². The van der Waals surface area contributed by atoms with Crippen LogP contribution in [0.25, 0.3) is 10.8 Å². The van der Waals surface area contributed by atoms with E-state index >= 15 is 0 Å². The van der Waals surface area contributed by atoms with E-state index in [1.807, 2.05) is 26.0 Å². The molecule has 2 heteroatoms. The van der Waals surface area contributed by atoms with Crippen LogP contribution in [0.3, 0.4) is 0 Å². The molecule has 2 aromatic carbocycles. The van der Waals surface area contributed by atoms with Gasteiger partial charge in [0.2, 0.25) is 0 Å². The van der Waals surface area contributed by atoms with Gasteiger partial charge in [0.15, 0.2) is 0 Å². The van der Waals surface area contributed by atoms with E-state index in [0.717, 1.165) is 21.9 Å². The summed E-state index contributed by atoms with van der Waals surface area (Å²) >= 11 is 0. The molecule has 0 atom stereocenters. The van der Waals surface area contributed by atoms with Crippen LogP contribution in [0.1, 0.15) is 18.1 Å². The second kappa shape index (κ2) is 5.00. The maximum atomic E-state index is 11.6. The summed E-state index contributed by atoms with van der Waals surface area (Å²) in [4.78, 5) is 11.6. The van der Waals surface area contributed by atoms with Gasteiger partial charge < -0.3 is 4.74 Å². The SMILES string of the molecule is CCOC(=O)Cc1c(C)ccc2ccccc12. The molecule has 2 aromatic rings. The zero-order valence-corrected chi connectivity index (χ0v) is 10.2. The fraction of sp³-hybridized carbons (Fsp3) is 0.267. The van der Waals surface area contributed by atoms with E-state index in [1.54, 1.807) is 0 Å². The molecular formula is C15H16O2. The number of esters is 1. The van der Waals surface area contributed by atoms with Gasteiger partial charge in [0.05, 0.1) is 13.0 Å². The lowest BCUT2D eigenvalue weighted by Crippen LogP contribution is -2.08. The Hall–Kier alpha value is -1.83. The van der Waals surface area contributed by atoms with Crippen molar-refractivity contribution in [2.24, 2.45) is 0 Å². The number of aryl methyl sites for hydroxylation is 1. The van der Waals surface area contributed by atoms with Gasteiger partial charge in [0.1, 0.15) is 0 Å². The highest BCUT2D eigenvalue weighted by molar-refractivity contribution is 5.90. The van der Waals surface area contributed by atoms with E-state index in [-0.39, 0.29) is 5.97 Å². The Kier molecular flexibility index (Phi) is 3.43. The van der Waals surface area contributed by atoms with Gasteiger partial charge in [0.25, 0.3) is 0 Å². The van der Waals surface area contributed by atoms with Crippen LogP contribution in [0, 0.1) is 6.92 Å². The topological polar surface area (TPSA) is 26.3 Å². The Morgan fingerprint density at radius 1 is 1.18 bits per heavy atom. The predicted molar refractivity (Wildman–Crippen MR) is 69.0 cm³/mol. The van der Waals surface area contributed by atoms with E-state index in [9.17, 15) is 4.79 Å². The van der Waals surface area contributed by atoms with Crippen LogP contribution in [0.5, 0.6) is 0 Å². The molecule has 0 radical (unpaired) electrons. The normalized spacial score (nSPS) is 10.5. The first-order valence-corrected chi connectivity index (χ1v) is 5.85. The van der Waals surface area contributed by atoms with Crippen molar-refractivity contribution in [3.8, 4) is 0 Å². The minimum atomic E-state index is -0.160. The van der Waals surface area contributed by atoms with Crippen LogP contribution in [0.2, 0.25) is 0 Å². The monoisotopic (exact) mass is 228 g/mol. The molecule has 0 spiro atoms. The molecule has 0 aliphatic carbocycles. The maximum absolute atomic E-state index is 11.6. The van der Waals surface area contributed by atoms with Gasteiger partial charge in [-0.05, 0) is 35.7 Å². The molecule has 2 rings (SSSR count). The lowest BCUT2D eigenvalue weighted by atomic mass is 9.97. The molecule has 0 N–H and O–H groups in total. The minimum absolute atomic E-state index is 0.160. The van der Waals surface area contributed by atoms with Gasteiger partial charge in [-0.25, -0.2) is 0 Å². The Morgan fingerprint density at radius 3 is 2.71 bits per heavy atom. The molecule has 2 nitrogen and oxygen atoms in total. The van der Waals surface area contributed by atoms with Crippen molar-refractivity contribution in [2.45, 2.75) is 20.3 Å². The first-order valence-electron chi connectivity index (χ1n) is 5.85. The largest absolute Gasteiger partial charge is 0.466 e. The fourth-order valence-corrected chi connectivity index (χ4v) is 2.04. The van der Waals surface area contributed by atoms with Gasteiger partial charge >= 0.3 is 5.97 Å². The van der Waals surface area contributed by atoms with Crippen LogP contribution in [-0.2, 0) is 16.0 Å². The van der Waals surface area contributed by atoms with Crippen molar-refractivity contribution in [1.82, 2.24) is 0 Å². The van der Waals surface area contributed by atoms with Gasteiger partial charge in [-0.1, -0.05) is 36.4 Å². The number of hydrogen-bond donors (Lipinski definition) is 0. The van der Waals surface area contributed by atoms with Crippen LogP contribution in [-0.4, -0.2) is 12.6 Å². The third-order valence-electron chi connectivity index (χ3n) is 2.90. The number of fused-ring (bicyclic) bond motifs is 1. The number of hydrogen-bond acceptors (Lipinski definition) is 2. The zero-order chi connectivity index (χ0) is 12.3. The third kappa shape index (κ3) is 2.47. The average molecular weight is 228 g/mol. The van der Waals surface area contributed by atoms with Gasteiger partial charge in [0, 0.05) is 0 Å². The highest BCUT2D eigenvalue weighted by Crippen LogP contribution is 2.22. The number of ether oxygens (including phenoxy) is 1. The van der Waals surface area contributed by atoms with Crippen molar-refractivity contribution < 1.29 is 9.53 Å². The molecule has 0 unspecified atom stereocenters. The van der Waals surface area contributed by atoms with Crippen LogP contribution < -0.4 is 0 Å². The summed E-state index contributed by atoms with van der Waals surface area (Å²) in [6.07, 6.45) is 0.348. The third-order valence-corrected chi connectivity index (χ3v) is 2.90. The number of benzene rings is 2. The van der Waals surface area contributed by atoms with E-state index in [1.165, 1.54) is 0 Å². The summed E-state index contributed by atoms with van der Waals surface area (Å²) in [6, 6.07) is 12.2. The summed E-state index contributed by atoms with van der Waals surface area (Å²) in [5.74, 6) is -0.160. The maximum Gasteiger partial charge on any atom is 0.310 e. The Morgan fingerprint density at radius 2 is 1.94 bits per heavy atom. The van der Waals surface area contributed by atoms with Crippen molar-refractivity contribution in [2.75, 3.05) is 6.61 Å². The van der Waals surface area contributed by atoms with E-state index in [4.69, 9.17) is 4.74 Å². The second-order valence-corrected chi connectivity index (χ2v) is 4.06.